The van der Waals surface area contributed by atoms with Crippen LogP contribution in [0.3, 0.4) is 0 Å². The third kappa shape index (κ3) is 2.91. The molecule has 1 heterocycles. The number of carbonyl (C=O) groups excluding carboxylic acids is 1. The lowest BCUT2D eigenvalue weighted by molar-refractivity contribution is -0.111. The Balaban J connectivity index is 1.96. The molecule has 0 bridgehead atoms. The van der Waals surface area contributed by atoms with Crippen molar-refractivity contribution in [3.05, 3.63) is 84.6 Å². The predicted octanol–water partition coefficient (Wildman–Crippen LogP) is 4.21. The minimum absolute atomic E-state index is 0.00840. The highest BCUT2D eigenvalue weighted by atomic mass is 16.5. The van der Waals surface area contributed by atoms with Crippen LogP contribution >= 0.6 is 0 Å². The van der Waals surface area contributed by atoms with E-state index >= 15 is 0 Å². The maximum atomic E-state index is 12.2. The zero-order valence-electron chi connectivity index (χ0n) is 15.4. The third-order valence-corrected chi connectivity index (χ3v) is 4.97. The van der Waals surface area contributed by atoms with Crippen LogP contribution in [0.4, 0.5) is 0 Å². The van der Waals surface area contributed by atoms with E-state index in [0.717, 1.165) is 23.3 Å². The molecule has 1 aromatic heterocycles. The summed E-state index contributed by atoms with van der Waals surface area (Å²) in [4.78, 5) is 12.2. The van der Waals surface area contributed by atoms with Crippen molar-refractivity contribution in [2.75, 3.05) is 7.11 Å². The molecular weight excluding hydrogens is 352 g/mol. The predicted molar refractivity (Wildman–Crippen MR) is 108 cm³/mol. The fraction of sp³-hybridized carbons (Fsp3) is 0.130. The lowest BCUT2D eigenvalue weighted by Gasteiger charge is -2.26. The van der Waals surface area contributed by atoms with Gasteiger partial charge in [0.15, 0.2) is 5.75 Å². The summed E-state index contributed by atoms with van der Waals surface area (Å²) in [5.41, 5.74) is 1.42. The molecule has 5 heteroatoms. The van der Waals surface area contributed by atoms with Crippen molar-refractivity contribution in [2.24, 2.45) is 0 Å². The summed E-state index contributed by atoms with van der Waals surface area (Å²) in [6, 6.07) is 16.8. The van der Waals surface area contributed by atoms with E-state index in [-0.39, 0.29) is 5.75 Å². The van der Waals surface area contributed by atoms with Gasteiger partial charge in [-0.05, 0) is 30.7 Å². The minimum Gasteiger partial charge on any atom is -0.504 e. The van der Waals surface area contributed by atoms with E-state index in [1.54, 1.807) is 11.8 Å². The van der Waals surface area contributed by atoms with Crippen molar-refractivity contribution in [3.8, 4) is 28.4 Å². The molecule has 28 heavy (non-hydrogen) atoms. The minimum atomic E-state index is -0.987. The summed E-state index contributed by atoms with van der Waals surface area (Å²) in [7, 11) is 1.61. The molecule has 1 atom stereocenters. The summed E-state index contributed by atoms with van der Waals surface area (Å²) in [5, 5.41) is 15.8. The number of aromatic hydroxyl groups is 1. The Morgan fingerprint density at radius 1 is 1.11 bits per heavy atom. The molecule has 5 nitrogen and oxygen atoms in total. The number of rotatable bonds is 5. The Morgan fingerprint density at radius 3 is 2.46 bits per heavy atom. The molecule has 1 N–H and O–H groups in total. The molecule has 3 aromatic rings. The standard InChI is InChI=1S/C23H20N2O3/c1-28-19-12-10-18(11-13-19)25-22(23(16-26)14-6-3-7-15-23)21(27)20(24-25)17-8-4-2-5-9-17/h2-14,16,27H,15H2,1H3. The van der Waals surface area contributed by atoms with Gasteiger partial charge in [-0.3, -0.25) is 0 Å². The van der Waals surface area contributed by atoms with Gasteiger partial charge in [-0.2, -0.15) is 5.10 Å². The number of methoxy groups -OCH3 is 1. The number of carbonyl (C=O) groups is 1. The first-order valence-corrected chi connectivity index (χ1v) is 9.01. The van der Waals surface area contributed by atoms with Crippen LogP contribution in [0.5, 0.6) is 11.5 Å². The van der Waals surface area contributed by atoms with Crippen LogP contribution in [0.1, 0.15) is 12.1 Å². The van der Waals surface area contributed by atoms with E-state index in [9.17, 15) is 9.90 Å². The monoisotopic (exact) mass is 372 g/mol. The number of aromatic nitrogens is 2. The van der Waals surface area contributed by atoms with Crippen LogP contribution in [0.25, 0.3) is 16.9 Å². The molecule has 1 unspecified atom stereocenters. The zero-order chi connectivity index (χ0) is 19.6. The molecule has 4 rings (SSSR count). The van der Waals surface area contributed by atoms with Crippen LogP contribution in [0.15, 0.2) is 78.9 Å². The highest BCUT2D eigenvalue weighted by Gasteiger charge is 2.38. The average Bonchev–Trinajstić information content (AvgIpc) is 3.12. The Bertz CT molecular complexity index is 1050. The molecular formula is C23H20N2O3. The van der Waals surface area contributed by atoms with E-state index in [1.165, 1.54) is 0 Å². The van der Waals surface area contributed by atoms with E-state index < -0.39 is 5.41 Å². The van der Waals surface area contributed by atoms with Gasteiger partial charge in [0.2, 0.25) is 0 Å². The second-order valence-electron chi connectivity index (χ2n) is 6.67. The maximum Gasteiger partial charge on any atom is 0.166 e. The molecule has 0 amide bonds. The number of allylic oxidation sites excluding steroid dienone is 4. The molecule has 0 fully saturated rings. The lowest BCUT2D eigenvalue weighted by atomic mass is 9.79. The fourth-order valence-corrected chi connectivity index (χ4v) is 3.48. The van der Waals surface area contributed by atoms with Crippen LogP contribution < -0.4 is 4.74 Å². The number of hydrogen-bond acceptors (Lipinski definition) is 4. The van der Waals surface area contributed by atoms with Gasteiger partial charge in [-0.1, -0.05) is 54.6 Å². The largest absolute Gasteiger partial charge is 0.504 e. The van der Waals surface area contributed by atoms with Gasteiger partial charge in [-0.15, -0.1) is 0 Å². The first-order valence-electron chi connectivity index (χ1n) is 9.01. The van der Waals surface area contributed by atoms with E-state index in [2.05, 4.69) is 5.10 Å². The number of hydrogen-bond donors (Lipinski definition) is 1. The summed E-state index contributed by atoms with van der Waals surface area (Å²) in [6.45, 7) is 0. The van der Waals surface area contributed by atoms with Gasteiger partial charge in [0.1, 0.15) is 23.4 Å². The molecule has 0 aliphatic heterocycles. The maximum absolute atomic E-state index is 12.2. The zero-order valence-corrected chi connectivity index (χ0v) is 15.4. The van der Waals surface area contributed by atoms with E-state index in [0.29, 0.717) is 17.8 Å². The molecule has 140 valence electrons. The number of aldehydes is 1. The van der Waals surface area contributed by atoms with Crippen molar-refractivity contribution in [1.29, 1.82) is 0 Å². The average molecular weight is 372 g/mol. The SMILES string of the molecule is COc1ccc(-n2nc(-c3ccccc3)c(O)c2C2(C=O)C=CC=CC2)cc1. The summed E-state index contributed by atoms with van der Waals surface area (Å²) in [6.07, 6.45) is 8.78. The summed E-state index contributed by atoms with van der Waals surface area (Å²) < 4.78 is 6.88. The fourth-order valence-electron chi connectivity index (χ4n) is 3.48. The number of nitrogens with zero attached hydrogens (tertiary/aromatic N) is 2. The van der Waals surface area contributed by atoms with Crippen LogP contribution in [-0.2, 0) is 10.2 Å². The van der Waals surface area contributed by atoms with Gasteiger partial charge in [0.25, 0.3) is 0 Å². The normalized spacial score (nSPS) is 18.2. The Labute approximate surface area is 163 Å². The van der Waals surface area contributed by atoms with Crippen molar-refractivity contribution >= 4 is 6.29 Å². The second kappa shape index (κ2) is 7.19. The van der Waals surface area contributed by atoms with Gasteiger partial charge in [0, 0.05) is 5.56 Å². The second-order valence-corrected chi connectivity index (χ2v) is 6.67. The van der Waals surface area contributed by atoms with Crippen LogP contribution in [0.2, 0.25) is 0 Å². The quantitative estimate of drug-likeness (QED) is 0.682. The first kappa shape index (κ1) is 17.8. The van der Waals surface area contributed by atoms with Crippen molar-refractivity contribution < 1.29 is 14.6 Å². The highest BCUT2D eigenvalue weighted by Crippen LogP contribution is 2.42. The Morgan fingerprint density at radius 2 is 1.86 bits per heavy atom. The lowest BCUT2D eigenvalue weighted by Crippen LogP contribution is -2.29. The molecule has 0 saturated heterocycles. The molecule has 1 aliphatic carbocycles. The van der Waals surface area contributed by atoms with Crippen molar-refractivity contribution in [1.82, 2.24) is 9.78 Å². The topological polar surface area (TPSA) is 64.3 Å². The van der Waals surface area contributed by atoms with Crippen molar-refractivity contribution in [3.63, 3.8) is 0 Å². The van der Waals surface area contributed by atoms with Crippen molar-refractivity contribution in [2.45, 2.75) is 11.8 Å². The van der Waals surface area contributed by atoms with Gasteiger partial charge < -0.3 is 14.6 Å². The Kier molecular flexibility index (Phi) is 4.57. The molecule has 1 aliphatic rings. The number of ether oxygens (including phenoxy) is 1. The van der Waals surface area contributed by atoms with E-state index in [1.807, 2.05) is 78.9 Å². The molecule has 2 aromatic carbocycles. The first-order chi connectivity index (χ1) is 13.7. The van der Waals surface area contributed by atoms with Crippen LogP contribution in [-0.4, -0.2) is 28.3 Å². The summed E-state index contributed by atoms with van der Waals surface area (Å²) in [5.74, 6) is 0.727. The third-order valence-electron chi connectivity index (χ3n) is 4.97. The number of benzene rings is 2. The van der Waals surface area contributed by atoms with E-state index in [4.69, 9.17) is 4.74 Å². The Hall–Kier alpha value is -3.60. The summed E-state index contributed by atoms with van der Waals surface area (Å²) >= 11 is 0. The highest BCUT2D eigenvalue weighted by molar-refractivity contribution is 5.79. The molecule has 0 radical (unpaired) electrons. The van der Waals surface area contributed by atoms with Gasteiger partial charge in [-0.25, -0.2) is 4.68 Å². The van der Waals surface area contributed by atoms with Gasteiger partial charge in [0.05, 0.1) is 18.2 Å². The molecule has 0 spiro atoms. The smallest absolute Gasteiger partial charge is 0.166 e. The van der Waals surface area contributed by atoms with Crippen LogP contribution in [0, 0.1) is 0 Å². The molecule has 0 saturated carbocycles. The van der Waals surface area contributed by atoms with Gasteiger partial charge >= 0.3 is 0 Å².